The Labute approximate surface area is 56.5 Å². The van der Waals surface area contributed by atoms with E-state index in [4.69, 9.17) is 0 Å². The van der Waals surface area contributed by atoms with E-state index in [0.717, 1.165) is 0 Å². The van der Waals surface area contributed by atoms with Gasteiger partial charge >= 0.3 is 0 Å². The first-order valence-corrected chi connectivity index (χ1v) is 3.14. The summed E-state index contributed by atoms with van der Waals surface area (Å²) in [6.45, 7) is 7.27. The molecule has 0 atom stereocenters. The second-order valence-corrected chi connectivity index (χ2v) is 4.24. The summed E-state index contributed by atoms with van der Waals surface area (Å²) in [4.78, 5) is 0. The van der Waals surface area contributed by atoms with E-state index in [-0.39, 0.29) is 4.75 Å². The van der Waals surface area contributed by atoms with Gasteiger partial charge in [0.25, 0.3) is 0 Å². The fourth-order valence-corrected chi connectivity index (χ4v) is 0. The summed E-state index contributed by atoms with van der Waals surface area (Å²) < 4.78 is -0.312. The van der Waals surface area contributed by atoms with E-state index in [1.165, 1.54) is 0 Å². The van der Waals surface area contributed by atoms with E-state index < -0.39 is 5.60 Å². The van der Waals surface area contributed by atoms with Crippen LogP contribution in [0.3, 0.4) is 0 Å². The summed E-state index contributed by atoms with van der Waals surface area (Å²) in [6, 6.07) is 0. The molecular formula is C6H14OS. The molecule has 0 heterocycles. The van der Waals surface area contributed by atoms with E-state index >= 15 is 0 Å². The Morgan fingerprint density at radius 3 is 1.25 bits per heavy atom. The van der Waals surface area contributed by atoms with Crippen molar-refractivity contribution in [2.45, 2.75) is 38.0 Å². The highest BCUT2D eigenvalue weighted by Crippen LogP contribution is 2.26. The first kappa shape index (κ1) is 8.31. The predicted molar refractivity (Wildman–Crippen MR) is 39.4 cm³/mol. The standard InChI is InChI=1S/C6H14OS/c1-5(2,7)6(3,4)8/h7-8H,1-4H3. The van der Waals surface area contributed by atoms with Gasteiger partial charge in [0.15, 0.2) is 0 Å². The summed E-state index contributed by atoms with van der Waals surface area (Å²) in [6.07, 6.45) is 0. The Kier molecular flexibility index (Phi) is 2.00. The zero-order valence-corrected chi connectivity index (χ0v) is 6.79. The first-order valence-electron chi connectivity index (χ1n) is 2.70. The van der Waals surface area contributed by atoms with Gasteiger partial charge in [-0.2, -0.15) is 12.6 Å². The highest BCUT2D eigenvalue weighted by Gasteiger charge is 2.30. The quantitative estimate of drug-likeness (QED) is 0.520. The highest BCUT2D eigenvalue weighted by molar-refractivity contribution is 7.81. The molecule has 0 spiro atoms. The molecule has 0 bridgehead atoms. The minimum atomic E-state index is -0.698. The Morgan fingerprint density at radius 1 is 1.12 bits per heavy atom. The lowest BCUT2D eigenvalue weighted by Gasteiger charge is -2.32. The van der Waals surface area contributed by atoms with Gasteiger partial charge in [-0.25, -0.2) is 0 Å². The Bertz CT molecular complexity index is 63.5. The van der Waals surface area contributed by atoms with Crippen molar-refractivity contribution in [3.8, 4) is 0 Å². The van der Waals surface area contributed by atoms with Gasteiger partial charge in [0.05, 0.1) is 5.60 Å². The Hall–Kier alpha value is 0.310. The first-order chi connectivity index (χ1) is 3.25. The molecule has 0 aliphatic carbocycles. The molecule has 0 saturated heterocycles. The topological polar surface area (TPSA) is 20.2 Å². The molecule has 50 valence electrons. The van der Waals surface area contributed by atoms with Crippen LogP contribution in [-0.4, -0.2) is 15.5 Å². The van der Waals surface area contributed by atoms with Crippen LogP contribution in [0, 0.1) is 0 Å². The number of hydrogen-bond acceptors (Lipinski definition) is 2. The number of aliphatic hydroxyl groups is 1. The summed E-state index contributed by atoms with van der Waals surface area (Å²) in [7, 11) is 0. The van der Waals surface area contributed by atoms with E-state index in [1.807, 2.05) is 13.8 Å². The molecule has 0 fully saturated rings. The van der Waals surface area contributed by atoms with Crippen molar-refractivity contribution in [3.63, 3.8) is 0 Å². The maximum Gasteiger partial charge on any atom is 0.0729 e. The molecule has 0 aliphatic heterocycles. The molecule has 0 aliphatic rings. The normalized spacial score (nSPS) is 14.2. The molecule has 0 unspecified atom stereocenters. The fraction of sp³-hybridized carbons (Fsp3) is 1.00. The van der Waals surface area contributed by atoms with Crippen LogP contribution in [0.15, 0.2) is 0 Å². The SMILES string of the molecule is CC(C)(O)C(C)(C)S. The van der Waals surface area contributed by atoms with Crippen LogP contribution in [0.5, 0.6) is 0 Å². The average Bonchev–Trinajstić information content (AvgIpc) is 1.25. The molecule has 0 aromatic heterocycles. The molecule has 1 N–H and O–H groups in total. The zero-order valence-electron chi connectivity index (χ0n) is 5.89. The number of rotatable bonds is 1. The summed E-state index contributed by atoms with van der Waals surface area (Å²) >= 11 is 4.19. The van der Waals surface area contributed by atoms with Crippen molar-refractivity contribution in [1.82, 2.24) is 0 Å². The van der Waals surface area contributed by atoms with Crippen molar-refractivity contribution < 1.29 is 5.11 Å². The summed E-state index contributed by atoms with van der Waals surface area (Å²) in [5.41, 5.74) is -0.698. The van der Waals surface area contributed by atoms with E-state index in [1.54, 1.807) is 13.8 Å². The van der Waals surface area contributed by atoms with Gasteiger partial charge < -0.3 is 5.11 Å². The van der Waals surface area contributed by atoms with Crippen molar-refractivity contribution in [2.75, 3.05) is 0 Å². The zero-order chi connectivity index (χ0) is 7.00. The van der Waals surface area contributed by atoms with Crippen molar-refractivity contribution in [2.24, 2.45) is 0 Å². The van der Waals surface area contributed by atoms with Crippen LogP contribution in [0.1, 0.15) is 27.7 Å². The number of thiol groups is 1. The second kappa shape index (κ2) is 1.92. The van der Waals surface area contributed by atoms with Crippen LogP contribution in [0.25, 0.3) is 0 Å². The molecule has 0 saturated carbocycles. The molecular weight excluding hydrogens is 120 g/mol. The molecule has 0 aromatic carbocycles. The fourth-order valence-electron chi connectivity index (χ4n) is 0. The van der Waals surface area contributed by atoms with E-state index in [0.29, 0.717) is 0 Å². The van der Waals surface area contributed by atoms with Crippen molar-refractivity contribution in [1.29, 1.82) is 0 Å². The predicted octanol–water partition coefficient (Wildman–Crippen LogP) is 1.47. The molecule has 0 radical (unpaired) electrons. The monoisotopic (exact) mass is 134 g/mol. The number of hydrogen-bond donors (Lipinski definition) is 2. The minimum Gasteiger partial charge on any atom is -0.389 e. The highest BCUT2D eigenvalue weighted by atomic mass is 32.1. The van der Waals surface area contributed by atoms with Crippen LogP contribution in [0.4, 0.5) is 0 Å². The second-order valence-electron chi connectivity index (χ2n) is 3.12. The lowest BCUT2D eigenvalue weighted by molar-refractivity contribution is 0.0501. The summed E-state index contributed by atoms with van der Waals surface area (Å²) in [5, 5.41) is 9.28. The maximum atomic E-state index is 9.28. The van der Waals surface area contributed by atoms with Crippen molar-refractivity contribution >= 4 is 12.6 Å². The third-order valence-corrected chi connectivity index (χ3v) is 2.04. The molecule has 0 aromatic rings. The van der Waals surface area contributed by atoms with Gasteiger partial charge in [0, 0.05) is 4.75 Å². The van der Waals surface area contributed by atoms with Gasteiger partial charge in [-0.15, -0.1) is 0 Å². The lowest BCUT2D eigenvalue weighted by Crippen LogP contribution is -2.40. The van der Waals surface area contributed by atoms with Gasteiger partial charge in [-0.1, -0.05) is 0 Å². The summed E-state index contributed by atoms with van der Waals surface area (Å²) in [5.74, 6) is 0. The molecule has 8 heavy (non-hydrogen) atoms. The van der Waals surface area contributed by atoms with Crippen LogP contribution < -0.4 is 0 Å². The molecule has 1 nitrogen and oxygen atoms in total. The Morgan fingerprint density at radius 2 is 1.25 bits per heavy atom. The average molecular weight is 134 g/mol. The van der Waals surface area contributed by atoms with E-state index in [2.05, 4.69) is 12.6 Å². The molecule has 0 rings (SSSR count). The van der Waals surface area contributed by atoms with Gasteiger partial charge in [0.1, 0.15) is 0 Å². The lowest BCUT2D eigenvalue weighted by atomic mass is 9.94. The van der Waals surface area contributed by atoms with Crippen LogP contribution >= 0.6 is 12.6 Å². The maximum absolute atomic E-state index is 9.28. The third kappa shape index (κ3) is 2.05. The largest absolute Gasteiger partial charge is 0.389 e. The van der Waals surface area contributed by atoms with Gasteiger partial charge in [0.2, 0.25) is 0 Å². The molecule has 2 heteroatoms. The van der Waals surface area contributed by atoms with Gasteiger partial charge in [-0.3, -0.25) is 0 Å². The van der Waals surface area contributed by atoms with Crippen LogP contribution in [0.2, 0.25) is 0 Å². The minimum absolute atomic E-state index is 0.312. The Balaban J connectivity index is 4.02. The molecule has 0 amide bonds. The van der Waals surface area contributed by atoms with E-state index in [9.17, 15) is 5.11 Å². The van der Waals surface area contributed by atoms with Crippen LogP contribution in [-0.2, 0) is 0 Å². The van der Waals surface area contributed by atoms with Gasteiger partial charge in [-0.05, 0) is 27.7 Å². The third-order valence-electron chi connectivity index (χ3n) is 1.50. The van der Waals surface area contributed by atoms with Crippen molar-refractivity contribution in [3.05, 3.63) is 0 Å². The smallest absolute Gasteiger partial charge is 0.0729 e.